The van der Waals surface area contributed by atoms with Crippen LogP contribution in [0.15, 0.2) is 42.7 Å². The van der Waals surface area contributed by atoms with Crippen LogP contribution in [0.25, 0.3) is 0 Å². The van der Waals surface area contributed by atoms with Gasteiger partial charge in [0.2, 0.25) is 0 Å². The van der Waals surface area contributed by atoms with Crippen molar-refractivity contribution in [2.24, 2.45) is 0 Å². The van der Waals surface area contributed by atoms with Crippen LogP contribution in [0, 0.1) is 0 Å². The second-order valence-electron chi connectivity index (χ2n) is 4.46. The van der Waals surface area contributed by atoms with E-state index >= 15 is 0 Å². The Balaban J connectivity index is 1.96. The Kier molecular flexibility index (Phi) is 5.84. The van der Waals surface area contributed by atoms with Crippen molar-refractivity contribution in [2.45, 2.75) is 19.9 Å². The molecule has 2 aromatic rings. The zero-order chi connectivity index (χ0) is 14.2. The van der Waals surface area contributed by atoms with Crippen molar-refractivity contribution in [3.8, 4) is 5.75 Å². The van der Waals surface area contributed by atoms with Gasteiger partial charge in [-0.1, -0.05) is 30.7 Å². The zero-order valence-corrected chi connectivity index (χ0v) is 12.4. The van der Waals surface area contributed by atoms with Crippen LogP contribution in [-0.2, 0) is 13.0 Å². The van der Waals surface area contributed by atoms with E-state index in [1.54, 1.807) is 6.20 Å². The summed E-state index contributed by atoms with van der Waals surface area (Å²) in [6.45, 7) is 4.31. The Hall–Kier alpha value is -1.58. The minimum atomic E-state index is 0.616. The average molecular weight is 291 g/mol. The molecule has 0 amide bonds. The van der Waals surface area contributed by atoms with Crippen LogP contribution in [0.2, 0.25) is 5.02 Å². The predicted molar refractivity (Wildman–Crippen MR) is 82.3 cm³/mol. The number of rotatable bonds is 7. The summed E-state index contributed by atoms with van der Waals surface area (Å²) in [7, 11) is 0. The van der Waals surface area contributed by atoms with Gasteiger partial charge in [-0.2, -0.15) is 0 Å². The Morgan fingerprint density at radius 3 is 2.90 bits per heavy atom. The van der Waals surface area contributed by atoms with Crippen LogP contribution in [-0.4, -0.2) is 18.1 Å². The molecule has 0 atom stereocenters. The van der Waals surface area contributed by atoms with E-state index in [4.69, 9.17) is 16.3 Å². The summed E-state index contributed by atoms with van der Waals surface area (Å²) in [5, 5.41) is 4.02. The van der Waals surface area contributed by atoms with Crippen molar-refractivity contribution < 1.29 is 4.74 Å². The third-order valence-electron chi connectivity index (χ3n) is 3.00. The van der Waals surface area contributed by atoms with Gasteiger partial charge in [-0.3, -0.25) is 4.98 Å². The second-order valence-corrected chi connectivity index (χ2v) is 4.86. The molecule has 0 spiro atoms. The van der Waals surface area contributed by atoms with Gasteiger partial charge < -0.3 is 10.1 Å². The van der Waals surface area contributed by atoms with Gasteiger partial charge >= 0.3 is 0 Å². The number of aromatic nitrogens is 1. The largest absolute Gasteiger partial charge is 0.493 e. The van der Waals surface area contributed by atoms with E-state index in [9.17, 15) is 0 Å². The molecule has 1 heterocycles. The molecule has 0 fully saturated rings. The summed E-state index contributed by atoms with van der Waals surface area (Å²) >= 11 is 6.23. The minimum absolute atomic E-state index is 0.616. The lowest BCUT2D eigenvalue weighted by atomic mass is 10.2. The molecule has 0 aliphatic heterocycles. The van der Waals surface area contributed by atoms with Crippen LogP contribution >= 0.6 is 11.6 Å². The monoisotopic (exact) mass is 290 g/mol. The number of ether oxygens (including phenoxy) is 1. The first-order chi connectivity index (χ1) is 9.81. The summed E-state index contributed by atoms with van der Waals surface area (Å²) in [6.07, 6.45) is 4.47. The molecule has 3 nitrogen and oxygen atoms in total. The Morgan fingerprint density at radius 2 is 2.15 bits per heavy atom. The molecule has 1 N–H and O–H groups in total. The highest BCUT2D eigenvalue weighted by atomic mass is 35.5. The molecule has 106 valence electrons. The summed E-state index contributed by atoms with van der Waals surface area (Å²) in [5.41, 5.74) is 2.19. The van der Waals surface area contributed by atoms with Crippen LogP contribution in [0.1, 0.15) is 18.1 Å². The van der Waals surface area contributed by atoms with Crippen LogP contribution in [0.5, 0.6) is 5.75 Å². The van der Waals surface area contributed by atoms with E-state index in [1.165, 1.54) is 5.56 Å². The summed E-state index contributed by atoms with van der Waals surface area (Å²) in [6, 6.07) is 9.75. The van der Waals surface area contributed by atoms with Gasteiger partial charge in [0.25, 0.3) is 0 Å². The van der Waals surface area contributed by atoms with E-state index in [2.05, 4.69) is 17.2 Å². The Labute approximate surface area is 124 Å². The zero-order valence-electron chi connectivity index (χ0n) is 11.6. The van der Waals surface area contributed by atoms with Gasteiger partial charge in [0, 0.05) is 35.9 Å². The molecule has 20 heavy (non-hydrogen) atoms. The van der Waals surface area contributed by atoms with Crippen LogP contribution in [0.3, 0.4) is 0 Å². The molecule has 0 radical (unpaired) electrons. The van der Waals surface area contributed by atoms with Crippen molar-refractivity contribution in [2.75, 3.05) is 13.2 Å². The summed E-state index contributed by atoms with van der Waals surface area (Å²) in [5.74, 6) is 0.849. The maximum absolute atomic E-state index is 6.23. The van der Waals surface area contributed by atoms with Gasteiger partial charge in [0.05, 0.1) is 6.61 Å². The average Bonchev–Trinajstić information content (AvgIpc) is 2.48. The molecule has 0 saturated heterocycles. The number of nitrogens with zero attached hydrogens (tertiary/aromatic N) is 1. The van der Waals surface area contributed by atoms with Crippen LogP contribution in [0.4, 0.5) is 0 Å². The fourth-order valence-electron chi connectivity index (χ4n) is 1.92. The first-order valence-corrected chi connectivity index (χ1v) is 7.19. The van der Waals surface area contributed by atoms with Crippen molar-refractivity contribution in [1.82, 2.24) is 10.3 Å². The van der Waals surface area contributed by atoms with E-state index in [0.29, 0.717) is 6.61 Å². The Bertz CT molecular complexity index is 531. The number of benzene rings is 1. The first kappa shape index (κ1) is 14.8. The standard InChI is InChI=1S/C16H19ClN2O/c1-2-18-12-14-15(17)6-3-7-16(14)20-10-8-13-5-4-9-19-11-13/h3-7,9,11,18H,2,8,10,12H2,1H3. The first-order valence-electron chi connectivity index (χ1n) is 6.81. The lowest BCUT2D eigenvalue weighted by Crippen LogP contribution is -2.14. The quantitative estimate of drug-likeness (QED) is 0.848. The minimum Gasteiger partial charge on any atom is -0.493 e. The highest BCUT2D eigenvalue weighted by molar-refractivity contribution is 6.31. The van der Waals surface area contributed by atoms with Crippen LogP contribution < -0.4 is 10.1 Å². The van der Waals surface area contributed by atoms with Crippen molar-refractivity contribution in [3.05, 3.63) is 58.9 Å². The van der Waals surface area contributed by atoms with Gasteiger partial charge in [0.1, 0.15) is 5.75 Å². The smallest absolute Gasteiger partial charge is 0.125 e. The molecule has 1 aromatic heterocycles. The molecule has 1 aromatic carbocycles. The molecule has 0 unspecified atom stereocenters. The molecule has 0 saturated carbocycles. The van der Waals surface area contributed by atoms with Crippen molar-refractivity contribution in [3.63, 3.8) is 0 Å². The maximum atomic E-state index is 6.23. The lowest BCUT2D eigenvalue weighted by Gasteiger charge is -2.13. The summed E-state index contributed by atoms with van der Waals surface area (Å²) in [4.78, 5) is 4.10. The number of nitrogens with one attached hydrogen (secondary N) is 1. The van der Waals surface area contributed by atoms with Gasteiger partial charge in [0.15, 0.2) is 0 Å². The van der Waals surface area contributed by atoms with Gasteiger partial charge in [-0.15, -0.1) is 0 Å². The highest BCUT2D eigenvalue weighted by Gasteiger charge is 2.07. The van der Waals surface area contributed by atoms with Gasteiger partial charge in [-0.25, -0.2) is 0 Å². The maximum Gasteiger partial charge on any atom is 0.125 e. The summed E-state index contributed by atoms with van der Waals surface area (Å²) < 4.78 is 5.87. The number of halogens is 1. The second kappa shape index (κ2) is 7.88. The predicted octanol–water partition coefficient (Wildman–Crippen LogP) is 3.47. The third-order valence-corrected chi connectivity index (χ3v) is 3.35. The number of hydrogen-bond donors (Lipinski definition) is 1. The number of pyridine rings is 1. The topological polar surface area (TPSA) is 34.1 Å². The van der Waals surface area contributed by atoms with Gasteiger partial charge in [-0.05, 0) is 30.3 Å². The fraction of sp³-hybridized carbons (Fsp3) is 0.312. The molecule has 4 heteroatoms. The Morgan fingerprint density at radius 1 is 1.25 bits per heavy atom. The molecule has 0 bridgehead atoms. The molecular weight excluding hydrogens is 272 g/mol. The molecule has 0 aliphatic carbocycles. The third kappa shape index (κ3) is 4.22. The van der Waals surface area contributed by atoms with E-state index in [0.717, 1.165) is 35.8 Å². The lowest BCUT2D eigenvalue weighted by molar-refractivity contribution is 0.317. The van der Waals surface area contributed by atoms with E-state index in [1.807, 2.05) is 36.5 Å². The molecule has 0 aliphatic rings. The SMILES string of the molecule is CCNCc1c(Cl)cccc1OCCc1cccnc1. The molecular formula is C16H19ClN2O. The van der Waals surface area contributed by atoms with E-state index in [-0.39, 0.29) is 0 Å². The van der Waals surface area contributed by atoms with Crippen molar-refractivity contribution in [1.29, 1.82) is 0 Å². The normalized spacial score (nSPS) is 10.5. The highest BCUT2D eigenvalue weighted by Crippen LogP contribution is 2.26. The number of hydrogen-bond acceptors (Lipinski definition) is 3. The van der Waals surface area contributed by atoms with Crippen molar-refractivity contribution >= 4 is 11.6 Å². The van der Waals surface area contributed by atoms with E-state index < -0.39 is 0 Å². The molecule has 2 rings (SSSR count). The fourth-order valence-corrected chi connectivity index (χ4v) is 2.15.